The van der Waals surface area contributed by atoms with E-state index in [-0.39, 0.29) is 12.2 Å². The van der Waals surface area contributed by atoms with Gasteiger partial charge in [-0.15, -0.1) is 0 Å². The summed E-state index contributed by atoms with van der Waals surface area (Å²) in [6.45, 7) is 11.5. The first kappa shape index (κ1) is 31.4. The number of nitrogens with zero attached hydrogens (tertiary/aromatic N) is 3. The number of hydrogen-bond acceptors (Lipinski definition) is 4. The Kier molecular flexibility index (Phi) is 11.1. The Labute approximate surface area is 245 Å². The molecule has 1 aromatic carbocycles. The minimum absolute atomic E-state index is 0.0337. The number of aliphatic imine (C=N–C) groups is 1. The van der Waals surface area contributed by atoms with Crippen molar-refractivity contribution < 1.29 is 9.18 Å². The van der Waals surface area contributed by atoms with Crippen LogP contribution in [0.2, 0.25) is 0 Å². The first-order valence-corrected chi connectivity index (χ1v) is 14.0. The van der Waals surface area contributed by atoms with Crippen LogP contribution in [-0.2, 0) is 4.79 Å². The fraction of sp³-hybridized carbons (Fsp3) is 0.306. The van der Waals surface area contributed by atoms with E-state index < -0.39 is 5.67 Å². The Balaban J connectivity index is 2.02. The van der Waals surface area contributed by atoms with Crippen LogP contribution in [0.4, 0.5) is 4.39 Å². The van der Waals surface area contributed by atoms with Crippen molar-refractivity contribution in [2.45, 2.75) is 51.6 Å². The topological polar surface area (TPSA) is 45.6 Å². The number of benzene rings is 1. The van der Waals surface area contributed by atoms with Crippen LogP contribution in [-0.4, -0.2) is 48.7 Å². The maximum absolute atomic E-state index is 15.8. The standard InChI is InChI=1S/C36H42FN3O/c1-8-28(25-40(6)7)30-12-9-13-31(23-30)34-17-16-33(32(24-38-5)22-26(2)3)35(39-34)15-11-20-36(37)19-10-14-29(18-21-36)27(4)41/h8-9,11-17,22-25H,1-2,10,18-21H2,3-7H3/b15-11+,28-25+,32-22+,38-24?. The molecule has 0 radical (unpaired) electrons. The summed E-state index contributed by atoms with van der Waals surface area (Å²) in [6, 6.07) is 12.3. The molecule has 1 aliphatic rings. The third kappa shape index (κ3) is 8.94. The van der Waals surface area contributed by atoms with E-state index in [1.807, 2.05) is 86.8 Å². The molecule has 1 heterocycles. The van der Waals surface area contributed by atoms with Crippen molar-refractivity contribution in [3.63, 3.8) is 0 Å². The zero-order valence-electron chi connectivity index (χ0n) is 25.1. The number of allylic oxidation sites excluding steroid dienone is 8. The molecular weight excluding hydrogens is 509 g/mol. The number of carbonyl (C=O) groups excluding carboxylic acids is 1. The molecule has 0 spiro atoms. The van der Waals surface area contributed by atoms with Gasteiger partial charge in [0.15, 0.2) is 5.78 Å². The highest BCUT2D eigenvalue weighted by Gasteiger charge is 2.30. The predicted molar refractivity (Wildman–Crippen MR) is 173 cm³/mol. The van der Waals surface area contributed by atoms with Gasteiger partial charge in [-0.25, -0.2) is 9.37 Å². The number of halogens is 1. The molecule has 1 unspecified atom stereocenters. The second-order valence-electron chi connectivity index (χ2n) is 10.9. The molecule has 0 saturated carbocycles. The van der Waals surface area contributed by atoms with Crippen LogP contribution in [0.1, 0.15) is 62.8 Å². The Morgan fingerprint density at radius 1 is 1.17 bits per heavy atom. The second kappa shape index (κ2) is 14.5. The van der Waals surface area contributed by atoms with Crippen molar-refractivity contribution in [2.24, 2.45) is 4.99 Å². The Morgan fingerprint density at radius 3 is 2.61 bits per heavy atom. The molecule has 0 amide bonds. The van der Waals surface area contributed by atoms with E-state index in [1.165, 1.54) is 0 Å². The van der Waals surface area contributed by atoms with Gasteiger partial charge < -0.3 is 4.90 Å². The molecule has 214 valence electrons. The van der Waals surface area contributed by atoms with Crippen molar-refractivity contribution in [1.29, 1.82) is 0 Å². The summed E-state index contributed by atoms with van der Waals surface area (Å²) < 4.78 is 15.8. The van der Waals surface area contributed by atoms with Gasteiger partial charge in [0.1, 0.15) is 5.67 Å². The predicted octanol–water partition coefficient (Wildman–Crippen LogP) is 8.70. The van der Waals surface area contributed by atoms with E-state index in [1.54, 1.807) is 20.2 Å². The zero-order chi connectivity index (χ0) is 30.0. The van der Waals surface area contributed by atoms with Crippen molar-refractivity contribution in [2.75, 3.05) is 21.1 Å². The van der Waals surface area contributed by atoms with E-state index in [0.29, 0.717) is 25.7 Å². The van der Waals surface area contributed by atoms with Crippen LogP contribution in [0.15, 0.2) is 96.2 Å². The summed E-state index contributed by atoms with van der Waals surface area (Å²) in [6.07, 6.45) is 15.4. The van der Waals surface area contributed by atoms with Crippen LogP contribution < -0.4 is 0 Å². The van der Waals surface area contributed by atoms with E-state index in [2.05, 4.69) is 30.3 Å². The van der Waals surface area contributed by atoms with Crippen LogP contribution in [0.3, 0.4) is 0 Å². The van der Waals surface area contributed by atoms with Gasteiger partial charge in [-0.1, -0.05) is 61.2 Å². The fourth-order valence-corrected chi connectivity index (χ4v) is 4.97. The van der Waals surface area contributed by atoms with E-state index in [0.717, 1.165) is 50.4 Å². The monoisotopic (exact) mass is 551 g/mol. The zero-order valence-corrected chi connectivity index (χ0v) is 25.1. The van der Waals surface area contributed by atoms with Gasteiger partial charge >= 0.3 is 0 Å². The number of alkyl halides is 1. The summed E-state index contributed by atoms with van der Waals surface area (Å²) in [5, 5.41) is 0. The molecule has 5 heteroatoms. The van der Waals surface area contributed by atoms with E-state index in [9.17, 15) is 4.79 Å². The average molecular weight is 552 g/mol. The third-order valence-electron chi connectivity index (χ3n) is 7.05. The lowest BCUT2D eigenvalue weighted by atomic mass is 9.91. The van der Waals surface area contributed by atoms with Crippen LogP contribution >= 0.6 is 0 Å². The Hall–Kier alpha value is -4.12. The molecule has 3 rings (SSSR count). The molecule has 0 fully saturated rings. The number of ketones is 1. The third-order valence-corrected chi connectivity index (χ3v) is 7.05. The summed E-state index contributed by atoms with van der Waals surface area (Å²) in [4.78, 5) is 23.1. The van der Waals surface area contributed by atoms with E-state index in [4.69, 9.17) is 4.98 Å². The highest BCUT2D eigenvalue weighted by molar-refractivity contribution is 6.11. The van der Waals surface area contributed by atoms with Gasteiger partial charge in [0.25, 0.3) is 0 Å². The molecule has 0 aliphatic heterocycles. The first-order valence-electron chi connectivity index (χ1n) is 14.0. The highest BCUT2D eigenvalue weighted by atomic mass is 19.1. The molecule has 4 nitrogen and oxygen atoms in total. The quantitative estimate of drug-likeness (QED) is 0.207. The van der Waals surface area contributed by atoms with Crippen molar-refractivity contribution in [3.05, 3.63) is 108 Å². The first-order chi connectivity index (χ1) is 19.5. The Morgan fingerprint density at radius 2 is 1.95 bits per heavy atom. The molecule has 0 saturated heterocycles. The van der Waals surface area contributed by atoms with Crippen LogP contribution in [0.25, 0.3) is 28.5 Å². The van der Waals surface area contributed by atoms with E-state index >= 15 is 4.39 Å². The molecule has 1 atom stereocenters. The average Bonchev–Trinajstić information content (AvgIpc) is 3.13. The maximum atomic E-state index is 15.8. The van der Waals surface area contributed by atoms with Gasteiger partial charge in [-0.3, -0.25) is 9.79 Å². The molecular formula is C36H42FN3O. The van der Waals surface area contributed by atoms with Gasteiger partial charge in [-0.2, -0.15) is 0 Å². The fourth-order valence-electron chi connectivity index (χ4n) is 4.97. The minimum atomic E-state index is -1.36. The van der Waals surface area contributed by atoms with Gasteiger partial charge in [-0.05, 0) is 86.9 Å². The SMILES string of the molecule is C=C/C(=C\N(C)C)c1cccc(-c2ccc(/C(C=NC)=C/C(=C)C)c(/C=C/CC3(F)CCC=C(C(C)=O)CC3)n2)c1. The minimum Gasteiger partial charge on any atom is -0.383 e. The molecule has 41 heavy (non-hydrogen) atoms. The van der Waals surface area contributed by atoms with Crippen molar-refractivity contribution >= 4 is 29.2 Å². The summed E-state index contributed by atoms with van der Waals surface area (Å²) in [7, 11) is 5.70. The number of pyridine rings is 1. The lowest BCUT2D eigenvalue weighted by molar-refractivity contribution is -0.113. The summed E-state index contributed by atoms with van der Waals surface area (Å²) >= 11 is 0. The molecule has 0 N–H and O–H groups in total. The van der Waals surface area contributed by atoms with Gasteiger partial charge in [0.2, 0.25) is 0 Å². The lowest BCUT2D eigenvalue weighted by Crippen LogP contribution is -2.21. The normalized spacial score (nSPS) is 18.3. The Bertz CT molecular complexity index is 1440. The summed E-state index contributed by atoms with van der Waals surface area (Å²) in [5.74, 6) is 0.0337. The second-order valence-corrected chi connectivity index (χ2v) is 10.9. The smallest absolute Gasteiger partial charge is 0.155 e. The molecule has 1 aliphatic carbocycles. The summed E-state index contributed by atoms with van der Waals surface area (Å²) in [5.41, 5.74) is 6.61. The highest BCUT2D eigenvalue weighted by Crippen LogP contribution is 2.35. The maximum Gasteiger partial charge on any atom is 0.155 e. The largest absolute Gasteiger partial charge is 0.383 e. The van der Waals surface area contributed by atoms with Crippen LogP contribution in [0.5, 0.6) is 0 Å². The van der Waals surface area contributed by atoms with Crippen molar-refractivity contribution in [1.82, 2.24) is 9.88 Å². The van der Waals surface area contributed by atoms with Gasteiger partial charge in [0, 0.05) is 50.3 Å². The molecule has 0 bridgehead atoms. The number of carbonyl (C=O) groups is 1. The van der Waals surface area contributed by atoms with Crippen LogP contribution in [0, 0.1) is 0 Å². The number of aromatic nitrogens is 1. The van der Waals surface area contributed by atoms with Crippen molar-refractivity contribution in [3.8, 4) is 11.3 Å². The molecule has 1 aromatic heterocycles. The van der Waals surface area contributed by atoms with Gasteiger partial charge in [0.05, 0.1) is 11.4 Å². The number of hydrogen-bond donors (Lipinski definition) is 0. The number of rotatable bonds is 11. The number of Topliss-reactive ketones (excluding diaryl/α,β-unsaturated/α-hetero) is 1. The lowest BCUT2D eigenvalue weighted by Gasteiger charge is -2.22. The molecule has 2 aromatic rings.